The van der Waals surface area contributed by atoms with Gasteiger partial charge in [0.25, 0.3) is 23.4 Å². The summed E-state index contributed by atoms with van der Waals surface area (Å²) in [4.78, 5) is 51.5. The van der Waals surface area contributed by atoms with Gasteiger partial charge in [-0.2, -0.15) is 26.3 Å². The molecular weight excluding hydrogens is 945 g/mol. The van der Waals surface area contributed by atoms with Gasteiger partial charge in [0.2, 0.25) is 0 Å². The number of amides is 2. The molecule has 0 aliphatic heterocycles. The molecule has 0 unspecified atom stereocenters. The van der Waals surface area contributed by atoms with Gasteiger partial charge in [0.05, 0.1) is 18.2 Å². The zero-order chi connectivity index (χ0) is 48.2. The van der Waals surface area contributed by atoms with Crippen LogP contribution in [0.1, 0.15) is 43.2 Å². The molecule has 6 aromatic carbocycles. The lowest BCUT2D eigenvalue weighted by molar-refractivity contribution is -0.144. The minimum absolute atomic E-state index is 0.0574. The van der Waals surface area contributed by atoms with Gasteiger partial charge in [0, 0.05) is 61.3 Å². The van der Waals surface area contributed by atoms with E-state index < -0.39 is 58.2 Å². The molecule has 0 radical (unpaired) electrons. The maximum absolute atomic E-state index is 14.5. The second kappa shape index (κ2) is 19.8. The van der Waals surface area contributed by atoms with Gasteiger partial charge in [0.1, 0.15) is 17.1 Å². The highest BCUT2D eigenvalue weighted by Gasteiger charge is 2.44. The summed E-state index contributed by atoms with van der Waals surface area (Å²) in [6, 6.07) is 37.0. The number of anilines is 2. The number of hydrogen-bond acceptors (Lipinski definition) is 5. The Kier molecular flexibility index (Phi) is 14.2. The highest BCUT2D eigenvalue weighted by atomic mass is 35.5. The predicted octanol–water partition coefficient (Wildman–Crippen LogP) is 13.0. The molecule has 0 bridgehead atoms. The molecule has 2 amide bonds. The molecule has 2 N–H and O–H groups in total. The van der Waals surface area contributed by atoms with Crippen molar-refractivity contribution in [2.24, 2.45) is 0 Å². The van der Waals surface area contributed by atoms with Crippen LogP contribution in [0.2, 0.25) is 15.1 Å². The van der Waals surface area contributed by atoms with Crippen molar-refractivity contribution in [3.05, 3.63) is 194 Å². The number of Topliss-reactive ketones (excluding diaryl/α,β-unsaturated/α-hetero) is 2. The standard InChI is InChI=1S/C25H17Cl2F3N2O3.C24H16ClF3N2O2/c1-35-17-9-10-20-18(12-17)21(22(33)24(34)31-16-5-3-2-4-6-16)23(25(28,29)30)32(20)13-14-7-8-15(26)11-19(14)27;25-16-12-10-15(11-13-16)14-30-19-9-5-4-8-18(19)20(22(30)24(26,27)28)21(31)23(32)29-17-6-2-1-3-7-17/h2-12H,13H2,1H3,(H,31,34);1-13H,14H2,(H,29,32). The van der Waals surface area contributed by atoms with E-state index >= 15 is 0 Å². The topological polar surface area (TPSA) is 111 Å². The lowest BCUT2D eigenvalue weighted by Gasteiger charge is -2.15. The maximum Gasteiger partial charge on any atom is 0.432 e. The van der Waals surface area contributed by atoms with Gasteiger partial charge in [-0.1, -0.05) is 108 Å². The normalized spacial score (nSPS) is 11.5. The molecule has 342 valence electrons. The third-order valence-electron chi connectivity index (χ3n) is 10.3. The largest absolute Gasteiger partial charge is 0.497 e. The average molecular weight is 978 g/mol. The van der Waals surface area contributed by atoms with Crippen LogP contribution in [0.25, 0.3) is 21.8 Å². The maximum atomic E-state index is 14.5. The van der Waals surface area contributed by atoms with Crippen molar-refractivity contribution in [2.45, 2.75) is 25.4 Å². The number of fused-ring (bicyclic) bond motifs is 2. The third-order valence-corrected chi connectivity index (χ3v) is 11.1. The number of nitrogens with zero attached hydrogens (tertiary/aromatic N) is 2. The number of carbonyl (C=O) groups excluding carboxylic acids is 4. The summed E-state index contributed by atoms with van der Waals surface area (Å²) in [6.07, 6.45) is -9.84. The van der Waals surface area contributed by atoms with Gasteiger partial charge in [-0.25, -0.2) is 0 Å². The number of ether oxygens (including phenoxy) is 1. The summed E-state index contributed by atoms with van der Waals surface area (Å²) in [5, 5.41) is 5.65. The van der Waals surface area contributed by atoms with Crippen molar-refractivity contribution in [3.8, 4) is 5.75 Å². The Balaban J connectivity index is 0.000000200. The number of ketones is 2. The van der Waals surface area contributed by atoms with Crippen LogP contribution in [0, 0.1) is 0 Å². The summed E-state index contributed by atoms with van der Waals surface area (Å²) in [5.41, 5.74) is -2.10. The first-order chi connectivity index (χ1) is 31.8. The second-order valence-corrected chi connectivity index (χ2v) is 16.0. The SMILES string of the molecule is COc1ccc2c(c1)c(C(=O)C(=O)Nc1ccccc1)c(C(F)(F)F)n2Cc1ccc(Cl)cc1Cl.O=C(Nc1ccccc1)C(=O)c1c(C(F)(F)F)n(Cc2ccc(Cl)cc2)c2ccccc12. The number of benzene rings is 6. The average Bonchev–Trinajstić information content (AvgIpc) is 3.81. The molecule has 0 saturated carbocycles. The van der Waals surface area contributed by atoms with E-state index in [0.717, 1.165) is 9.13 Å². The molecule has 0 aliphatic rings. The van der Waals surface area contributed by atoms with Crippen LogP contribution < -0.4 is 15.4 Å². The van der Waals surface area contributed by atoms with E-state index in [1.54, 1.807) is 78.9 Å². The van der Waals surface area contributed by atoms with Crippen LogP contribution >= 0.6 is 34.8 Å². The number of aromatic nitrogens is 2. The number of halogens is 9. The van der Waals surface area contributed by atoms with Gasteiger partial charge in [-0.05, 0) is 83.9 Å². The first kappa shape index (κ1) is 47.9. The zero-order valence-corrected chi connectivity index (χ0v) is 36.9. The monoisotopic (exact) mass is 976 g/mol. The molecule has 8 aromatic rings. The van der Waals surface area contributed by atoms with Crippen LogP contribution in [0.4, 0.5) is 37.7 Å². The van der Waals surface area contributed by atoms with Crippen LogP contribution in [-0.4, -0.2) is 39.6 Å². The van der Waals surface area contributed by atoms with Crippen molar-refractivity contribution < 1.29 is 50.3 Å². The third kappa shape index (κ3) is 10.6. The lowest BCUT2D eigenvalue weighted by atomic mass is 10.0. The van der Waals surface area contributed by atoms with Gasteiger partial charge in [0.15, 0.2) is 0 Å². The Morgan fingerprint density at radius 3 is 1.54 bits per heavy atom. The highest BCUT2D eigenvalue weighted by Crippen LogP contribution is 2.42. The Morgan fingerprint density at radius 1 is 0.537 bits per heavy atom. The fourth-order valence-electron chi connectivity index (χ4n) is 7.38. The number of rotatable bonds is 11. The van der Waals surface area contributed by atoms with E-state index in [2.05, 4.69) is 10.6 Å². The Morgan fingerprint density at radius 2 is 1.01 bits per heavy atom. The highest BCUT2D eigenvalue weighted by molar-refractivity contribution is 6.49. The van der Waals surface area contributed by atoms with Crippen LogP contribution in [0.15, 0.2) is 146 Å². The van der Waals surface area contributed by atoms with Crippen LogP contribution in [-0.2, 0) is 35.0 Å². The molecule has 2 aromatic heterocycles. The van der Waals surface area contributed by atoms with E-state index in [4.69, 9.17) is 39.5 Å². The Bertz CT molecular complexity index is 3150. The second-order valence-electron chi connectivity index (χ2n) is 14.7. The number of alkyl halides is 6. The number of para-hydroxylation sites is 3. The first-order valence-electron chi connectivity index (χ1n) is 19.8. The van der Waals surface area contributed by atoms with E-state index in [0.29, 0.717) is 26.9 Å². The van der Waals surface area contributed by atoms with Crippen molar-refractivity contribution >= 4 is 91.4 Å². The van der Waals surface area contributed by atoms with E-state index in [1.807, 2.05) is 0 Å². The molecule has 0 spiro atoms. The number of hydrogen-bond donors (Lipinski definition) is 2. The first-order valence-corrected chi connectivity index (χ1v) is 20.9. The molecule has 67 heavy (non-hydrogen) atoms. The molecule has 2 heterocycles. The van der Waals surface area contributed by atoms with E-state index in [9.17, 15) is 45.5 Å². The van der Waals surface area contributed by atoms with E-state index in [-0.39, 0.29) is 51.4 Å². The van der Waals surface area contributed by atoms with Crippen LogP contribution in [0.5, 0.6) is 5.75 Å². The molecule has 0 atom stereocenters. The van der Waals surface area contributed by atoms with Gasteiger partial charge in [-0.3, -0.25) is 19.2 Å². The van der Waals surface area contributed by atoms with Gasteiger partial charge < -0.3 is 24.5 Å². The molecule has 18 heteroatoms. The minimum atomic E-state index is -4.97. The molecule has 0 saturated heterocycles. The summed E-state index contributed by atoms with van der Waals surface area (Å²) >= 11 is 18.0. The fraction of sp³-hybridized carbons (Fsp3) is 0.102. The lowest BCUT2D eigenvalue weighted by Crippen LogP contribution is -2.26. The molecule has 8 rings (SSSR count). The van der Waals surface area contributed by atoms with Crippen molar-refractivity contribution in [2.75, 3.05) is 17.7 Å². The number of nitrogens with one attached hydrogen (secondary N) is 2. The predicted molar refractivity (Wildman–Crippen MR) is 245 cm³/mol. The van der Waals surface area contributed by atoms with Crippen molar-refractivity contribution in [3.63, 3.8) is 0 Å². The van der Waals surface area contributed by atoms with Gasteiger partial charge in [-0.15, -0.1) is 0 Å². The zero-order valence-electron chi connectivity index (χ0n) is 34.6. The Hall–Kier alpha value is -7.07. The fourth-order valence-corrected chi connectivity index (χ4v) is 7.97. The molecule has 0 fully saturated rings. The smallest absolute Gasteiger partial charge is 0.432 e. The molecule has 9 nitrogen and oxygen atoms in total. The van der Waals surface area contributed by atoms with Crippen LogP contribution in [0.3, 0.4) is 0 Å². The van der Waals surface area contributed by atoms with Gasteiger partial charge >= 0.3 is 12.4 Å². The summed E-state index contributed by atoms with van der Waals surface area (Å²) in [5.74, 6) is -4.71. The quantitative estimate of drug-likeness (QED) is 0.0762. The number of carbonyl (C=O) groups is 4. The molecular formula is C49H33Cl3F6N4O5. The molecule has 0 aliphatic carbocycles. The summed E-state index contributed by atoms with van der Waals surface area (Å²) < 4.78 is 93.2. The summed E-state index contributed by atoms with van der Waals surface area (Å²) in [6.45, 7) is -0.471. The Labute approximate surface area is 392 Å². The summed E-state index contributed by atoms with van der Waals surface area (Å²) in [7, 11) is 1.35. The number of methoxy groups -OCH3 is 1. The van der Waals surface area contributed by atoms with E-state index in [1.165, 1.54) is 73.8 Å². The van der Waals surface area contributed by atoms with Crippen molar-refractivity contribution in [1.82, 2.24) is 9.13 Å². The minimum Gasteiger partial charge on any atom is -0.497 e. The van der Waals surface area contributed by atoms with Crippen molar-refractivity contribution in [1.29, 1.82) is 0 Å².